The van der Waals surface area contributed by atoms with E-state index in [1.54, 1.807) is 0 Å². The molecule has 1 heterocycles. The Morgan fingerprint density at radius 1 is 1.27 bits per heavy atom. The Hall–Kier alpha value is -2.10. The van der Waals surface area contributed by atoms with Crippen molar-refractivity contribution in [3.63, 3.8) is 0 Å². The number of benzene rings is 1. The maximum Gasteiger partial charge on any atom is 0.162 e. The molecule has 1 atom stereocenters. The summed E-state index contributed by atoms with van der Waals surface area (Å²) in [6, 6.07) is 10.0. The molecule has 3 rings (SSSR count). The van der Waals surface area contributed by atoms with E-state index in [9.17, 15) is 10.1 Å². The number of carbonyl (C=O) groups is 1. The van der Waals surface area contributed by atoms with Gasteiger partial charge in [0.05, 0.1) is 17.6 Å². The molecule has 1 aliphatic heterocycles. The van der Waals surface area contributed by atoms with Gasteiger partial charge in [-0.3, -0.25) is 9.80 Å². The van der Waals surface area contributed by atoms with Crippen LogP contribution >= 0.6 is 15.9 Å². The lowest BCUT2D eigenvalue weighted by molar-refractivity contribution is -0.119. The van der Waals surface area contributed by atoms with Gasteiger partial charge < -0.3 is 5.73 Å². The lowest BCUT2D eigenvalue weighted by Crippen LogP contribution is -2.47. The Balaban J connectivity index is 2.27. The van der Waals surface area contributed by atoms with E-state index in [2.05, 4.69) is 35.8 Å². The van der Waals surface area contributed by atoms with Crippen molar-refractivity contribution in [2.75, 3.05) is 14.1 Å². The van der Waals surface area contributed by atoms with E-state index in [-0.39, 0.29) is 11.2 Å². The molecular formula is C20H23BrN4O. The Morgan fingerprint density at radius 2 is 1.88 bits per heavy atom. The van der Waals surface area contributed by atoms with Gasteiger partial charge in [-0.05, 0) is 29.5 Å². The highest BCUT2D eigenvalue weighted by Crippen LogP contribution is 2.49. The molecule has 0 amide bonds. The van der Waals surface area contributed by atoms with E-state index in [1.165, 1.54) is 0 Å². The molecular weight excluding hydrogens is 392 g/mol. The minimum atomic E-state index is -0.414. The van der Waals surface area contributed by atoms with Gasteiger partial charge in [0.25, 0.3) is 0 Å². The number of carbonyl (C=O) groups excluding carboxylic acids is 1. The number of allylic oxidation sites excluding steroid dienone is 3. The van der Waals surface area contributed by atoms with Gasteiger partial charge in [-0.25, -0.2) is 5.01 Å². The number of hydrazine groups is 1. The Labute approximate surface area is 162 Å². The lowest BCUT2D eigenvalue weighted by atomic mass is 9.69. The van der Waals surface area contributed by atoms with Crippen molar-refractivity contribution in [2.45, 2.75) is 32.6 Å². The van der Waals surface area contributed by atoms with Crippen molar-refractivity contribution in [3.8, 4) is 6.07 Å². The van der Waals surface area contributed by atoms with E-state index in [1.807, 2.05) is 48.4 Å². The summed E-state index contributed by atoms with van der Waals surface area (Å²) in [5.41, 5.74) is 9.22. The summed E-state index contributed by atoms with van der Waals surface area (Å²) in [6.45, 7) is 4.19. The normalized spacial score (nSPS) is 22.6. The maximum atomic E-state index is 13.1. The zero-order valence-corrected chi connectivity index (χ0v) is 17.1. The van der Waals surface area contributed by atoms with Gasteiger partial charge in [0.15, 0.2) is 5.78 Å². The average molecular weight is 415 g/mol. The molecule has 136 valence electrons. The van der Waals surface area contributed by atoms with Crippen LogP contribution in [0.2, 0.25) is 0 Å². The minimum Gasteiger partial charge on any atom is -0.383 e. The SMILES string of the molecule is CN(C)N1C(N)=C(C#N)[C@H](c2ccc(Br)cc2)C2=C1CC(C)(C)CC2=O. The molecule has 0 radical (unpaired) electrons. The number of nitriles is 1. The second-order valence-electron chi connectivity index (χ2n) is 7.86. The molecule has 0 bridgehead atoms. The molecule has 1 aromatic carbocycles. The van der Waals surface area contributed by atoms with Crippen LogP contribution in [-0.4, -0.2) is 29.9 Å². The summed E-state index contributed by atoms with van der Waals surface area (Å²) in [4.78, 5) is 13.1. The third-order valence-electron chi connectivity index (χ3n) is 4.96. The lowest BCUT2D eigenvalue weighted by Gasteiger charge is -2.45. The summed E-state index contributed by atoms with van der Waals surface area (Å²) in [7, 11) is 3.75. The molecule has 0 spiro atoms. The van der Waals surface area contributed by atoms with Crippen LogP contribution in [-0.2, 0) is 4.79 Å². The first-order chi connectivity index (χ1) is 12.2. The van der Waals surface area contributed by atoms with Gasteiger partial charge in [0.1, 0.15) is 5.82 Å². The third-order valence-corrected chi connectivity index (χ3v) is 5.49. The number of halogens is 1. The Bertz CT molecular complexity index is 859. The topological polar surface area (TPSA) is 73.4 Å². The van der Waals surface area contributed by atoms with Crippen molar-refractivity contribution in [2.24, 2.45) is 11.1 Å². The Kier molecular flexibility index (Phi) is 4.72. The third kappa shape index (κ3) is 3.06. The van der Waals surface area contributed by atoms with Crippen LogP contribution in [0.3, 0.4) is 0 Å². The van der Waals surface area contributed by atoms with Crippen LogP contribution in [0.5, 0.6) is 0 Å². The van der Waals surface area contributed by atoms with Crippen LogP contribution in [0.4, 0.5) is 0 Å². The van der Waals surface area contributed by atoms with E-state index >= 15 is 0 Å². The van der Waals surface area contributed by atoms with Crippen molar-refractivity contribution in [1.82, 2.24) is 10.0 Å². The first-order valence-corrected chi connectivity index (χ1v) is 9.34. The fourth-order valence-electron chi connectivity index (χ4n) is 3.94. The van der Waals surface area contributed by atoms with E-state index in [0.717, 1.165) is 22.2 Å². The molecule has 0 unspecified atom stereocenters. The van der Waals surface area contributed by atoms with Crippen LogP contribution in [0.15, 0.2) is 51.4 Å². The predicted molar refractivity (Wildman–Crippen MR) is 104 cm³/mol. The number of ketones is 1. The summed E-state index contributed by atoms with van der Waals surface area (Å²) in [6.07, 6.45) is 1.21. The van der Waals surface area contributed by atoms with Crippen molar-refractivity contribution >= 4 is 21.7 Å². The standard InChI is InChI=1S/C20H23BrN4O/c1-20(2)9-15-18(16(26)10-20)17(12-5-7-13(21)8-6-12)14(11-22)19(23)25(15)24(3)4/h5-8,17H,9-10,23H2,1-4H3/t17-/m0/s1. The molecule has 6 heteroatoms. The molecule has 1 aliphatic carbocycles. The van der Waals surface area contributed by atoms with Crippen LogP contribution in [0.1, 0.15) is 38.2 Å². The molecule has 0 aromatic heterocycles. The summed E-state index contributed by atoms with van der Waals surface area (Å²) >= 11 is 3.44. The molecule has 26 heavy (non-hydrogen) atoms. The predicted octanol–water partition coefficient (Wildman–Crippen LogP) is 3.66. The molecule has 0 fully saturated rings. The summed E-state index contributed by atoms with van der Waals surface area (Å²) < 4.78 is 0.952. The van der Waals surface area contributed by atoms with Crippen molar-refractivity contribution in [1.29, 1.82) is 5.26 Å². The average Bonchev–Trinajstić information content (AvgIpc) is 2.53. The van der Waals surface area contributed by atoms with Crippen LogP contribution < -0.4 is 5.73 Å². The highest BCUT2D eigenvalue weighted by molar-refractivity contribution is 9.10. The molecule has 0 saturated heterocycles. The number of rotatable bonds is 2. The van der Waals surface area contributed by atoms with Gasteiger partial charge in [0, 0.05) is 36.3 Å². The minimum absolute atomic E-state index is 0.0938. The second-order valence-corrected chi connectivity index (χ2v) is 8.77. The van der Waals surface area contributed by atoms with Crippen LogP contribution in [0.25, 0.3) is 0 Å². The number of hydrogen-bond acceptors (Lipinski definition) is 5. The fraction of sp³-hybridized carbons (Fsp3) is 0.400. The number of nitrogens with two attached hydrogens (primary N) is 1. The first kappa shape index (κ1) is 18.7. The zero-order chi connectivity index (χ0) is 19.2. The molecule has 2 aliphatic rings. The molecule has 0 saturated carbocycles. The summed E-state index contributed by atoms with van der Waals surface area (Å²) in [5.74, 6) is 0.0776. The number of Topliss-reactive ketones (excluding diaryl/α,β-unsaturated/α-hetero) is 1. The molecule has 1 aromatic rings. The maximum absolute atomic E-state index is 13.1. The van der Waals surface area contributed by atoms with E-state index < -0.39 is 5.92 Å². The Morgan fingerprint density at radius 3 is 2.42 bits per heavy atom. The van der Waals surface area contributed by atoms with Gasteiger partial charge >= 0.3 is 0 Å². The monoisotopic (exact) mass is 414 g/mol. The second kappa shape index (κ2) is 6.57. The number of hydrogen-bond donors (Lipinski definition) is 1. The zero-order valence-electron chi connectivity index (χ0n) is 15.5. The first-order valence-electron chi connectivity index (χ1n) is 8.55. The van der Waals surface area contributed by atoms with Gasteiger partial charge in [-0.1, -0.05) is 41.9 Å². The smallest absolute Gasteiger partial charge is 0.162 e. The van der Waals surface area contributed by atoms with Gasteiger partial charge in [-0.15, -0.1) is 0 Å². The largest absolute Gasteiger partial charge is 0.383 e. The molecule has 5 nitrogen and oxygen atoms in total. The van der Waals surface area contributed by atoms with Gasteiger partial charge in [-0.2, -0.15) is 5.26 Å². The van der Waals surface area contributed by atoms with Crippen molar-refractivity contribution in [3.05, 3.63) is 57.0 Å². The molecule has 2 N–H and O–H groups in total. The highest BCUT2D eigenvalue weighted by Gasteiger charge is 2.44. The number of nitrogens with zero attached hydrogens (tertiary/aromatic N) is 3. The quantitative estimate of drug-likeness (QED) is 0.798. The fourth-order valence-corrected chi connectivity index (χ4v) is 4.20. The van der Waals surface area contributed by atoms with Crippen LogP contribution in [0, 0.1) is 16.7 Å². The van der Waals surface area contributed by atoms with Crippen molar-refractivity contribution < 1.29 is 4.79 Å². The highest BCUT2D eigenvalue weighted by atomic mass is 79.9. The van der Waals surface area contributed by atoms with Gasteiger partial charge in [0.2, 0.25) is 0 Å². The van der Waals surface area contributed by atoms with E-state index in [4.69, 9.17) is 5.73 Å². The summed E-state index contributed by atoms with van der Waals surface area (Å²) in [5, 5.41) is 13.5. The van der Waals surface area contributed by atoms with E-state index in [0.29, 0.717) is 23.4 Å².